The Labute approximate surface area is 165 Å². The summed E-state index contributed by atoms with van der Waals surface area (Å²) in [6.07, 6.45) is 3.78. The Bertz CT molecular complexity index is 1090. The molecule has 0 aliphatic rings. The monoisotopic (exact) mass is 450 g/mol. The number of rotatable bonds is 3. The lowest BCUT2D eigenvalue weighted by Crippen LogP contribution is -1.90. The highest BCUT2D eigenvalue weighted by molar-refractivity contribution is 9.10. The normalized spacial score (nSPS) is 11.6. The summed E-state index contributed by atoms with van der Waals surface area (Å²) in [5, 5.41) is 15.1. The highest BCUT2D eigenvalue weighted by atomic mass is 79.9. The van der Waals surface area contributed by atoms with Crippen LogP contribution < -0.4 is 0 Å². The van der Waals surface area contributed by atoms with Crippen LogP contribution in [0.25, 0.3) is 28.5 Å². The molecule has 0 saturated heterocycles. The summed E-state index contributed by atoms with van der Waals surface area (Å²) in [6, 6.07) is 13.2. The minimum Gasteiger partial charge on any atom is -0.182 e. The van der Waals surface area contributed by atoms with Crippen molar-refractivity contribution in [3.05, 3.63) is 67.6 Å². The molecule has 8 heteroatoms. The maximum atomic E-state index is 6.18. The lowest BCUT2D eigenvalue weighted by Gasteiger charge is -1.98. The molecule has 0 fully saturated rings. The lowest BCUT2D eigenvalue weighted by molar-refractivity contribution is 0.960. The van der Waals surface area contributed by atoms with Crippen molar-refractivity contribution in [2.45, 2.75) is 0 Å². The molecule has 0 spiro atoms. The Kier molecular flexibility index (Phi) is 4.60. The van der Waals surface area contributed by atoms with Gasteiger partial charge < -0.3 is 0 Å². The minimum absolute atomic E-state index is 0.638. The van der Waals surface area contributed by atoms with Crippen molar-refractivity contribution >= 4 is 67.6 Å². The minimum atomic E-state index is 0.638. The first-order valence-corrected chi connectivity index (χ1v) is 9.58. The molecular formula is C17H9BrCl2N4S. The summed E-state index contributed by atoms with van der Waals surface area (Å²) in [5.41, 5.74) is 1.79. The van der Waals surface area contributed by atoms with Crippen molar-refractivity contribution in [2.75, 3.05) is 0 Å². The summed E-state index contributed by atoms with van der Waals surface area (Å²) in [7, 11) is 0. The maximum absolute atomic E-state index is 6.18. The second-order valence-electron chi connectivity index (χ2n) is 5.16. The number of nitrogens with zero attached hydrogens (tertiary/aromatic N) is 4. The Balaban J connectivity index is 1.69. The topological polar surface area (TPSA) is 43.1 Å². The fourth-order valence-electron chi connectivity index (χ4n) is 2.28. The Morgan fingerprint density at radius 1 is 1.00 bits per heavy atom. The van der Waals surface area contributed by atoms with Crippen LogP contribution in [-0.2, 0) is 0 Å². The van der Waals surface area contributed by atoms with Gasteiger partial charge in [0.2, 0.25) is 4.96 Å². The Morgan fingerprint density at radius 3 is 2.60 bits per heavy atom. The quantitative estimate of drug-likeness (QED) is 0.378. The van der Waals surface area contributed by atoms with E-state index in [1.807, 2.05) is 42.5 Å². The van der Waals surface area contributed by atoms with Crippen LogP contribution in [0.3, 0.4) is 0 Å². The lowest BCUT2D eigenvalue weighted by atomic mass is 10.2. The second-order valence-corrected chi connectivity index (χ2v) is 7.91. The van der Waals surface area contributed by atoms with E-state index in [2.05, 4.69) is 31.2 Å². The van der Waals surface area contributed by atoms with Crippen molar-refractivity contribution in [2.24, 2.45) is 0 Å². The predicted octanol–water partition coefficient (Wildman–Crippen LogP) is 6.09. The molecule has 4 aromatic rings. The smallest absolute Gasteiger partial charge is 0.182 e. The number of aromatic nitrogens is 4. The zero-order valence-corrected chi connectivity index (χ0v) is 16.4. The molecule has 0 amide bonds. The molecule has 4 nitrogen and oxygen atoms in total. The van der Waals surface area contributed by atoms with Crippen LogP contribution in [0.2, 0.25) is 10.0 Å². The molecule has 0 aliphatic heterocycles. The van der Waals surface area contributed by atoms with E-state index in [9.17, 15) is 0 Å². The van der Waals surface area contributed by atoms with Gasteiger partial charge in [-0.2, -0.15) is 9.61 Å². The third-order valence-corrected chi connectivity index (χ3v) is 5.44. The Morgan fingerprint density at radius 2 is 1.80 bits per heavy atom. The van der Waals surface area contributed by atoms with Crippen LogP contribution in [0, 0.1) is 0 Å². The summed E-state index contributed by atoms with van der Waals surface area (Å²) in [5.74, 6) is 0.708. The molecule has 2 aromatic heterocycles. The molecule has 0 N–H and O–H groups in total. The fraction of sp³-hybridized carbons (Fsp3) is 0. The molecule has 124 valence electrons. The number of hydrogen-bond donors (Lipinski definition) is 0. The third kappa shape index (κ3) is 3.48. The van der Waals surface area contributed by atoms with Crippen LogP contribution in [0.1, 0.15) is 10.6 Å². The Hall–Kier alpha value is -1.73. The molecule has 25 heavy (non-hydrogen) atoms. The molecule has 2 heterocycles. The van der Waals surface area contributed by atoms with E-state index in [1.54, 1.807) is 16.6 Å². The van der Waals surface area contributed by atoms with Crippen LogP contribution in [-0.4, -0.2) is 19.8 Å². The van der Waals surface area contributed by atoms with Crippen LogP contribution in [0.15, 0.2) is 46.9 Å². The molecule has 0 bridgehead atoms. The van der Waals surface area contributed by atoms with E-state index in [-0.39, 0.29) is 0 Å². The summed E-state index contributed by atoms with van der Waals surface area (Å²) >= 11 is 17.1. The van der Waals surface area contributed by atoms with E-state index in [0.717, 1.165) is 25.6 Å². The molecule has 0 unspecified atom stereocenters. The average molecular weight is 452 g/mol. The van der Waals surface area contributed by atoms with Gasteiger partial charge in [0.05, 0.1) is 0 Å². The number of hydrogen-bond acceptors (Lipinski definition) is 4. The maximum Gasteiger partial charge on any atom is 0.235 e. The zero-order chi connectivity index (χ0) is 17.4. The van der Waals surface area contributed by atoms with Crippen LogP contribution in [0.4, 0.5) is 0 Å². The first-order valence-electron chi connectivity index (χ1n) is 7.21. The fourth-order valence-corrected chi connectivity index (χ4v) is 3.65. The predicted molar refractivity (Wildman–Crippen MR) is 107 cm³/mol. The van der Waals surface area contributed by atoms with Crippen molar-refractivity contribution in [1.29, 1.82) is 0 Å². The van der Waals surface area contributed by atoms with E-state index >= 15 is 0 Å². The first-order chi connectivity index (χ1) is 12.1. The van der Waals surface area contributed by atoms with Gasteiger partial charge in [-0.1, -0.05) is 68.7 Å². The van der Waals surface area contributed by atoms with Crippen LogP contribution in [0.5, 0.6) is 0 Å². The van der Waals surface area contributed by atoms with E-state index in [4.69, 9.17) is 23.2 Å². The standard InChI is InChI=1S/C17H9BrCl2N4S/c18-12-4-1-10(2-5-12)16-21-22-17-24(16)23-15(25-17)8-3-11-9-13(19)6-7-14(11)20/h1-9H/b8-3+. The van der Waals surface area contributed by atoms with Gasteiger partial charge in [-0.25, -0.2) is 0 Å². The van der Waals surface area contributed by atoms with Gasteiger partial charge in [0.15, 0.2) is 5.82 Å². The first kappa shape index (κ1) is 16.7. The molecule has 0 atom stereocenters. The average Bonchev–Trinajstić information content (AvgIpc) is 3.17. The van der Waals surface area contributed by atoms with Crippen molar-refractivity contribution in [3.63, 3.8) is 0 Å². The van der Waals surface area contributed by atoms with Crippen LogP contribution >= 0.6 is 50.5 Å². The third-order valence-electron chi connectivity index (χ3n) is 3.47. The van der Waals surface area contributed by atoms with Gasteiger partial charge in [-0.3, -0.25) is 0 Å². The second kappa shape index (κ2) is 6.88. The largest absolute Gasteiger partial charge is 0.235 e. The summed E-state index contributed by atoms with van der Waals surface area (Å²) in [4.78, 5) is 0.731. The van der Waals surface area contributed by atoms with Gasteiger partial charge in [0.1, 0.15) is 5.01 Å². The number of halogens is 3. The molecule has 4 rings (SSSR count). The van der Waals surface area contributed by atoms with E-state index in [1.165, 1.54) is 11.3 Å². The molecule has 0 saturated carbocycles. The molecule has 0 radical (unpaired) electrons. The van der Waals surface area contributed by atoms with Gasteiger partial charge in [-0.15, -0.1) is 10.2 Å². The number of benzene rings is 2. The summed E-state index contributed by atoms with van der Waals surface area (Å²) < 4.78 is 2.75. The molecule has 2 aromatic carbocycles. The van der Waals surface area contributed by atoms with Crippen molar-refractivity contribution in [3.8, 4) is 11.4 Å². The van der Waals surface area contributed by atoms with E-state index < -0.39 is 0 Å². The molecular weight excluding hydrogens is 443 g/mol. The van der Waals surface area contributed by atoms with Gasteiger partial charge in [0.25, 0.3) is 0 Å². The highest BCUT2D eigenvalue weighted by Crippen LogP contribution is 2.26. The van der Waals surface area contributed by atoms with Gasteiger partial charge in [0, 0.05) is 20.1 Å². The summed E-state index contributed by atoms with van der Waals surface area (Å²) in [6.45, 7) is 0. The zero-order valence-electron chi connectivity index (χ0n) is 12.5. The van der Waals surface area contributed by atoms with Gasteiger partial charge >= 0.3 is 0 Å². The van der Waals surface area contributed by atoms with Crippen molar-refractivity contribution < 1.29 is 0 Å². The highest BCUT2D eigenvalue weighted by Gasteiger charge is 2.12. The number of fused-ring (bicyclic) bond motifs is 1. The van der Waals surface area contributed by atoms with Gasteiger partial charge in [-0.05, 0) is 42.0 Å². The van der Waals surface area contributed by atoms with Crippen molar-refractivity contribution in [1.82, 2.24) is 19.8 Å². The molecule has 0 aliphatic carbocycles. The van der Waals surface area contributed by atoms with E-state index in [0.29, 0.717) is 15.9 Å². The SMILES string of the molecule is Clc1ccc(Cl)c(/C=C/c2nn3c(-c4ccc(Br)cc4)nnc3s2)c1.